The second-order valence-corrected chi connectivity index (χ2v) is 7.73. The molecule has 36 heavy (non-hydrogen) atoms. The number of hydrogen-bond donors (Lipinski definition) is 0. The number of benzene rings is 1. The van der Waals surface area contributed by atoms with Crippen LogP contribution in [0.3, 0.4) is 0 Å². The fourth-order valence-corrected chi connectivity index (χ4v) is 3.91. The topological polar surface area (TPSA) is 151 Å². The highest BCUT2D eigenvalue weighted by atomic mass is 16.7. The van der Waals surface area contributed by atoms with Crippen molar-refractivity contribution in [3.8, 4) is 5.75 Å². The highest BCUT2D eigenvalue weighted by Crippen LogP contribution is 2.36. The van der Waals surface area contributed by atoms with E-state index in [2.05, 4.69) is 0 Å². The first-order valence-corrected chi connectivity index (χ1v) is 10.8. The van der Waals surface area contributed by atoms with Gasteiger partial charge < -0.3 is 42.3 Å². The van der Waals surface area contributed by atoms with Crippen molar-refractivity contribution < 1.29 is 61.5 Å². The van der Waals surface area contributed by atoms with Gasteiger partial charge in [-0.15, -0.1) is 0 Å². The lowest BCUT2D eigenvalue weighted by molar-refractivity contribution is -0.160. The lowest BCUT2D eigenvalue weighted by Crippen LogP contribution is -2.38. The molecule has 0 bridgehead atoms. The zero-order valence-corrected chi connectivity index (χ0v) is 20.4. The summed E-state index contributed by atoms with van der Waals surface area (Å²) in [4.78, 5) is 48.9. The number of hydrogen-bond acceptors (Lipinski definition) is 13. The second kappa shape index (κ2) is 12.2. The summed E-state index contributed by atoms with van der Waals surface area (Å²) in [6, 6.07) is 6.83. The molecule has 0 saturated carbocycles. The fourth-order valence-electron chi connectivity index (χ4n) is 3.91. The van der Waals surface area contributed by atoms with E-state index in [4.69, 9.17) is 42.3 Å². The Kier molecular flexibility index (Phi) is 9.31. The molecule has 0 N–H and O–H groups in total. The molecule has 0 unspecified atom stereocenters. The standard InChI is InChI=1S/C21H26B2O13/c1-28-12-8-6-11(7-9-12)13(23-35-16(20(26)31-4)17(36-23)21(27)32-5)10-22-33-14(18(24)29-2)15(34-22)19(25)30-3/h6-9,13-17H,10H2,1-5H3/t13-,14+,15+,16+,17+/m0/s1. The average molecular weight is 508 g/mol. The summed E-state index contributed by atoms with van der Waals surface area (Å²) < 4.78 is 47.1. The van der Waals surface area contributed by atoms with Crippen molar-refractivity contribution in [2.75, 3.05) is 35.5 Å². The Morgan fingerprint density at radius 3 is 1.44 bits per heavy atom. The van der Waals surface area contributed by atoms with Gasteiger partial charge in [0.2, 0.25) is 0 Å². The van der Waals surface area contributed by atoms with Crippen molar-refractivity contribution in [1.82, 2.24) is 0 Å². The van der Waals surface area contributed by atoms with Gasteiger partial charge in [-0.25, -0.2) is 19.2 Å². The highest BCUT2D eigenvalue weighted by Gasteiger charge is 2.55. The van der Waals surface area contributed by atoms with Gasteiger partial charge in [-0.3, -0.25) is 0 Å². The molecule has 1 aromatic rings. The van der Waals surface area contributed by atoms with E-state index in [0.717, 1.165) is 28.4 Å². The number of methoxy groups -OCH3 is 5. The molecule has 2 fully saturated rings. The molecule has 2 heterocycles. The largest absolute Gasteiger partial charge is 0.497 e. The Balaban J connectivity index is 1.91. The zero-order valence-electron chi connectivity index (χ0n) is 20.4. The van der Waals surface area contributed by atoms with Crippen LogP contribution in [0.25, 0.3) is 0 Å². The van der Waals surface area contributed by atoms with Crippen LogP contribution >= 0.6 is 0 Å². The maximum absolute atomic E-state index is 12.3. The molecule has 3 rings (SSSR count). The molecule has 15 heteroatoms. The Morgan fingerprint density at radius 2 is 1.08 bits per heavy atom. The van der Waals surface area contributed by atoms with Crippen molar-refractivity contribution in [1.29, 1.82) is 0 Å². The van der Waals surface area contributed by atoms with E-state index in [1.807, 2.05) is 0 Å². The van der Waals surface area contributed by atoms with Crippen LogP contribution in [-0.4, -0.2) is 98.1 Å². The highest BCUT2D eigenvalue weighted by molar-refractivity contribution is 6.54. The molecule has 0 spiro atoms. The van der Waals surface area contributed by atoms with E-state index in [1.54, 1.807) is 24.3 Å². The van der Waals surface area contributed by atoms with Gasteiger partial charge in [0, 0.05) is 5.82 Å². The normalized spacial score (nSPS) is 24.1. The number of carbonyl (C=O) groups is 4. The van der Waals surface area contributed by atoms with E-state index in [1.165, 1.54) is 7.11 Å². The number of esters is 4. The van der Waals surface area contributed by atoms with Crippen LogP contribution in [0.2, 0.25) is 6.32 Å². The summed E-state index contributed by atoms with van der Waals surface area (Å²) in [5.74, 6) is -3.43. The van der Waals surface area contributed by atoms with Crippen LogP contribution in [0.1, 0.15) is 11.4 Å². The molecule has 0 amide bonds. The third-order valence-corrected chi connectivity index (χ3v) is 5.76. The van der Waals surface area contributed by atoms with Crippen LogP contribution in [0.5, 0.6) is 5.75 Å². The lowest BCUT2D eigenvalue weighted by atomic mass is 9.58. The maximum atomic E-state index is 12.3. The van der Waals surface area contributed by atoms with Gasteiger partial charge >= 0.3 is 38.1 Å². The molecule has 2 aliphatic heterocycles. The fraction of sp³-hybridized carbons (Fsp3) is 0.524. The predicted molar refractivity (Wildman–Crippen MR) is 120 cm³/mol. The molecule has 0 radical (unpaired) electrons. The Morgan fingerprint density at radius 1 is 0.694 bits per heavy atom. The van der Waals surface area contributed by atoms with Crippen LogP contribution in [-0.2, 0) is 56.7 Å². The first-order chi connectivity index (χ1) is 17.3. The van der Waals surface area contributed by atoms with Gasteiger partial charge in [-0.1, -0.05) is 12.1 Å². The monoisotopic (exact) mass is 508 g/mol. The summed E-state index contributed by atoms with van der Waals surface area (Å²) in [6.45, 7) is 0. The van der Waals surface area contributed by atoms with Crippen molar-refractivity contribution in [3.63, 3.8) is 0 Å². The van der Waals surface area contributed by atoms with Gasteiger partial charge in [0.25, 0.3) is 0 Å². The summed E-state index contributed by atoms with van der Waals surface area (Å²) in [5, 5.41) is 0. The average Bonchev–Trinajstić information content (AvgIpc) is 3.55. The maximum Gasteiger partial charge on any atom is 0.465 e. The van der Waals surface area contributed by atoms with Crippen molar-refractivity contribution >= 4 is 38.1 Å². The molecule has 13 nitrogen and oxygen atoms in total. The van der Waals surface area contributed by atoms with E-state index < -0.39 is 68.3 Å². The van der Waals surface area contributed by atoms with Crippen LogP contribution < -0.4 is 4.74 Å². The minimum atomic E-state index is -1.38. The molecule has 5 atom stereocenters. The molecule has 2 aliphatic rings. The predicted octanol–water partition coefficient (Wildman–Crippen LogP) is -0.446. The lowest BCUT2D eigenvalue weighted by Gasteiger charge is -2.21. The van der Waals surface area contributed by atoms with Gasteiger partial charge in [0.05, 0.1) is 35.5 Å². The minimum absolute atomic E-state index is 0.0141. The van der Waals surface area contributed by atoms with Crippen LogP contribution in [0, 0.1) is 0 Å². The summed E-state index contributed by atoms with van der Waals surface area (Å²) in [6.07, 6.45) is -5.51. The quantitative estimate of drug-likeness (QED) is 0.241. The Bertz CT molecular complexity index is 908. The third kappa shape index (κ3) is 5.81. The molecule has 0 aromatic heterocycles. The third-order valence-electron chi connectivity index (χ3n) is 5.76. The molecule has 194 valence electrons. The van der Waals surface area contributed by atoms with Gasteiger partial charge in [-0.05, 0) is 24.0 Å². The molecule has 1 aromatic carbocycles. The van der Waals surface area contributed by atoms with Gasteiger partial charge in [-0.2, -0.15) is 0 Å². The Labute approximate surface area is 207 Å². The van der Waals surface area contributed by atoms with Crippen LogP contribution in [0.4, 0.5) is 0 Å². The molecule has 2 saturated heterocycles. The SMILES string of the molecule is COC(=O)[C@@H]1OB(C[C@H](B2O[C@@H](C(=O)OC)[C@H](C(=O)OC)O2)c2ccc(OC)cc2)O[C@H]1C(=O)OC. The van der Waals surface area contributed by atoms with Gasteiger partial charge in [0.1, 0.15) is 5.75 Å². The smallest absolute Gasteiger partial charge is 0.465 e. The van der Waals surface area contributed by atoms with E-state index >= 15 is 0 Å². The molecular formula is C21H26B2O13. The number of rotatable bonds is 9. The van der Waals surface area contributed by atoms with Crippen molar-refractivity contribution in [2.45, 2.75) is 36.6 Å². The van der Waals surface area contributed by atoms with Crippen molar-refractivity contribution in [2.24, 2.45) is 0 Å². The second-order valence-electron chi connectivity index (χ2n) is 7.73. The van der Waals surface area contributed by atoms with E-state index in [9.17, 15) is 19.2 Å². The number of ether oxygens (including phenoxy) is 5. The summed E-state index contributed by atoms with van der Waals surface area (Å²) in [5.41, 5.74) is 0.637. The molecular weight excluding hydrogens is 482 g/mol. The van der Waals surface area contributed by atoms with E-state index in [0.29, 0.717) is 11.3 Å². The number of carbonyl (C=O) groups excluding carboxylic acids is 4. The first kappa shape index (κ1) is 27.5. The Hall–Kier alpha value is -3.13. The summed E-state index contributed by atoms with van der Waals surface area (Å²) >= 11 is 0. The molecule has 0 aliphatic carbocycles. The van der Waals surface area contributed by atoms with Gasteiger partial charge in [0.15, 0.2) is 24.4 Å². The minimum Gasteiger partial charge on any atom is -0.497 e. The zero-order chi connectivity index (χ0) is 26.4. The van der Waals surface area contributed by atoms with Crippen LogP contribution in [0.15, 0.2) is 24.3 Å². The first-order valence-electron chi connectivity index (χ1n) is 10.8. The van der Waals surface area contributed by atoms with E-state index in [-0.39, 0.29) is 6.32 Å². The summed E-state index contributed by atoms with van der Waals surface area (Å²) in [7, 11) is 3.83. The van der Waals surface area contributed by atoms with Crippen molar-refractivity contribution in [3.05, 3.63) is 29.8 Å².